The monoisotopic (exact) mass is 389 g/mol. The number of hydrogen-bond acceptors (Lipinski definition) is 1. The molecule has 108 valence electrons. The molecule has 0 saturated heterocycles. The van der Waals surface area contributed by atoms with Crippen molar-refractivity contribution in [2.24, 2.45) is 0 Å². The summed E-state index contributed by atoms with van der Waals surface area (Å²) in [5, 5.41) is 3.57. The van der Waals surface area contributed by atoms with Gasteiger partial charge in [0.25, 0.3) is 0 Å². The van der Waals surface area contributed by atoms with Gasteiger partial charge in [0.2, 0.25) is 0 Å². The molecule has 0 aliphatic rings. The highest BCUT2D eigenvalue weighted by atomic mass is 79.9. The highest BCUT2D eigenvalue weighted by Crippen LogP contribution is 2.36. The van der Waals surface area contributed by atoms with E-state index >= 15 is 0 Å². The first-order valence-corrected chi connectivity index (χ1v) is 8.33. The third-order valence-corrected chi connectivity index (χ3v) is 4.89. The molecule has 0 saturated carbocycles. The van der Waals surface area contributed by atoms with Crippen LogP contribution in [0.3, 0.4) is 0 Å². The van der Waals surface area contributed by atoms with E-state index in [-0.39, 0.29) is 11.0 Å². The van der Waals surface area contributed by atoms with Gasteiger partial charge in [-0.25, -0.2) is 0 Å². The first-order chi connectivity index (χ1) is 8.53. The van der Waals surface area contributed by atoms with Crippen LogP contribution in [0.5, 0.6) is 0 Å². The van der Waals surface area contributed by atoms with Gasteiger partial charge in [0.1, 0.15) is 0 Å². The number of nitrogens with one attached hydrogen (secondary N) is 1. The third kappa shape index (κ3) is 5.20. The summed E-state index contributed by atoms with van der Waals surface area (Å²) in [6.45, 7) is 14.4. The fraction of sp³-hybridized carbons (Fsp3) is 0.625. The number of hydrogen-bond donors (Lipinski definition) is 1. The maximum absolute atomic E-state index is 3.71. The van der Waals surface area contributed by atoms with Gasteiger partial charge >= 0.3 is 0 Å². The lowest BCUT2D eigenvalue weighted by atomic mass is 9.81. The molecule has 1 N–H and O–H groups in total. The Morgan fingerprint density at radius 2 is 1.58 bits per heavy atom. The van der Waals surface area contributed by atoms with Crippen LogP contribution in [0.25, 0.3) is 0 Å². The zero-order chi connectivity index (χ0) is 14.8. The van der Waals surface area contributed by atoms with Crippen LogP contribution in [0.1, 0.15) is 52.2 Å². The maximum Gasteiger partial charge on any atom is 0.0216 e. The molecule has 1 aromatic carbocycles. The number of benzene rings is 1. The van der Waals surface area contributed by atoms with Crippen molar-refractivity contribution < 1.29 is 0 Å². The van der Waals surface area contributed by atoms with E-state index in [1.165, 1.54) is 20.1 Å². The van der Waals surface area contributed by atoms with Crippen LogP contribution >= 0.6 is 31.9 Å². The summed E-state index contributed by atoms with van der Waals surface area (Å²) in [7, 11) is 0. The second-order valence-corrected chi connectivity index (χ2v) is 8.60. The molecular weight excluding hydrogens is 366 g/mol. The molecule has 0 radical (unpaired) electrons. The Morgan fingerprint density at radius 3 is 2.11 bits per heavy atom. The molecule has 0 fully saturated rings. The van der Waals surface area contributed by atoms with E-state index < -0.39 is 0 Å². The molecule has 0 spiro atoms. The van der Waals surface area contributed by atoms with Crippen molar-refractivity contribution in [2.45, 2.75) is 58.9 Å². The summed E-state index contributed by atoms with van der Waals surface area (Å²) in [6, 6.07) is 4.44. The Kier molecular flexibility index (Phi) is 5.68. The summed E-state index contributed by atoms with van der Waals surface area (Å²) in [5.41, 5.74) is 2.95. The zero-order valence-electron chi connectivity index (χ0n) is 12.8. The van der Waals surface area contributed by atoms with E-state index in [1.54, 1.807) is 0 Å². The Labute approximate surface area is 134 Å². The summed E-state index contributed by atoms with van der Waals surface area (Å²) < 4.78 is 2.39. The third-order valence-electron chi connectivity index (χ3n) is 3.38. The number of aryl methyl sites for hydroxylation is 1. The van der Waals surface area contributed by atoms with Crippen LogP contribution in [0.4, 0.5) is 0 Å². The Morgan fingerprint density at radius 1 is 1.00 bits per heavy atom. The van der Waals surface area contributed by atoms with Crippen molar-refractivity contribution in [3.8, 4) is 0 Å². The van der Waals surface area contributed by atoms with Crippen molar-refractivity contribution in [1.29, 1.82) is 0 Å². The van der Waals surface area contributed by atoms with Crippen LogP contribution in [0.15, 0.2) is 21.1 Å². The van der Waals surface area contributed by atoms with E-state index in [9.17, 15) is 0 Å². The molecule has 3 heteroatoms. The highest BCUT2D eigenvalue weighted by Gasteiger charge is 2.24. The lowest BCUT2D eigenvalue weighted by Crippen LogP contribution is -2.38. The predicted molar refractivity (Wildman–Crippen MR) is 92.0 cm³/mol. The molecule has 19 heavy (non-hydrogen) atoms. The Balaban J connectivity index is 2.85. The number of rotatable bonds is 4. The van der Waals surface area contributed by atoms with E-state index in [0.717, 1.165) is 13.0 Å². The lowest BCUT2D eigenvalue weighted by Gasteiger charge is -2.29. The second kappa shape index (κ2) is 6.28. The van der Waals surface area contributed by atoms with Gasteiger partial charge in [-0.1, -0.05) is 45.7 Å². The van der Waals surface area contributed by atoms with Crippen molar-refractivity contribution in [3.05, 3.63) is 32.2 Å². The van der Waals surface area contributed by atoms with Crippen LogP contribution in [-0.2, 0) is 5.41 Å². The zero-order valence-corrected chi connectivity index (χ0v) is 16.0. The molecule has 1 rings (SSSR count). The van der Waals surface area contributed by atoms with Gasteiger partial charge in [-0.05, 0) is 69.3 Å². The minimum absolute atomic E-state index is 0.146. The molecule has 0 amide bonds. The van der Waals surface area contributed by atoms with Gasteiger partial charge in [-0.15, -0.1) is 0 Å². The summed E-state index contributed by atoms with van der Waals surface area (Å²) in [6.07, 6.45) is 1.11. The quantitative estimate of drug-likeness (QED) is 0.707. The van der Waals surface area contributed by atoms with E-state index in [2.05, 4.69) is 90.9 Å². The first-order valence-electron chi connectivity index (χ1n) is 6.74. The predicted octanol–water partition coefficient (Wildman–Crippen LogP) is 5.58. The molecule has 1 nitrogen and oxygen atoms in total. The molecule has 1 aromatic rings. The largest absolute Gasteiger partial charge is 0.312 e. The van der Waals surface area contributed by atoms with Crippen LogP contribution in [0.2, 0.25) is 0 Å². The van der Waals surface area contributed by atoms with Gasteiger partial charge in [0.15, 0.2) is 0 Å². The topological polar surface area (TPSA) is 12.0 Å². The highest BCUT2D eigenvalue weighted by molar-refractivity contribution is 9.11. The molecule has 0 aliphatic carbocycles. The standard InChI is InChI=1S/C16H25Br2N/c1-11-9-14(18)12(10-13(11)17)16(5,6)7-8-19-15(2,3)4/h9-10,19H,7-8H2,1-6H3. The maximum atomic E-state index is 3.71. The van der Waals surface area contributed by atoms with Crippen LogP contribution in [0, 0.1) is 6.92 Å². The van der Waals surface area contributed by atoms with Crippen molar-refractivity contribution in [1.82, 2.24) is 5.32 Å². The molecular formula is C16H25Br2N. The molecule has 0 atom stereocenters. The molecule has 0 unspecified atom stereocenters. The van der Waals surface area contributed by atoms with Gasteiger partial charge in [0.05, 0.1) is 0 Å². The van der Waals surface area contributed by atoms with Gasteiger partial charge in [0, 0.05) is 14.5 Å². The SMILES string of the molecule is Cc1cc(Br)c(C(C)(C)CCNC(C)(C)C)cc1Br. The van der Waals surface area contributed by atoms with E-state index in [0.29, 0.717) is 0 Å². The fourth-order valence-corrected chi connectivity index (χ4v) is 3.39. The normalized spacial score (nSPS) is 12.8. The van der Waals surface area contributed by atoms with E-state index in [4.69, 9.17) is 0 Å². The van der Waals surface area contributed by atoms with Crippen LogP contribution in [-0.4, -0.2) is 12.1 Å². The average Bonchev–Trinajstić information content (AvgIpc) is 2.20. The van der Waals surface area contributed by atoms with Gasteiger partial charge < -0.3 is 5.32 Å². The Bertz CT molecular complexity index is 445. The molecule has 0 aliphatic heterocycles. The first kappa shape index (κ1) is 17.2. The minimum Gasteiger partial charge on any atom is -0.312 e. The average molecular weight is 391 g/mol. The smallest absolute Gasteiger partial charge is 0.0216 e. The van der Waals surface area contributed by atoms with Gasteiger partial charge in [-0.2, -0.15) is 0 Å². The summed E-state index contributed by atoms with van der Waals surface area (Å²) >= 11 is 7.34. The van der Waals surface area contributed by atoms with Crippen LogP contribution < -0.4 is 5.32 Å². The van der Waals surface area contributed by atoms with Crippen molar-refractivity contribution in [3.63, 3.8) is 0 Å². The van der Waals surface area contributed by atoms with Gasteiger partial charge in [-0.3, -0.25) is 0 Å². The molecule has 0 bridgehead atoms. The lowest BCUT2D eigenvalue weighted by molar-refractivity contribution is 0.379. The van der Waals surface area contributed by atoms with E-state index in [1.807, 2.05) is 0 Å². The van der Waals surface area contributed by atoms with Crippen molar-refractivity contribution >= 4 is 31.9 Å². The van der Waals surface area contributed by atoms with Crippen molar-refractivity contribution in [2.75, 3.05) is 6.54 Å². The fourth-order valence-electron chi connectivity index (χ4n) is 2.05. The summed E-state index contributed by atoms with van der Waals surface area (Å²) in [5.74, 6) is 0. The molecule has 0 aromatic heterocycles. The number of halogens is 2. The minimum atomic E-state index is 0.146. The summed E-state index contributed by atoms with van der Waals surface area (Å²) in [4.78, 5) is 0. The second-order valence-electron chi connectivity index (χ2n) is 6.89. The Hall–Kier alpha value is 0.140. The molecule has 0 heterocycles.